The molecule has 7 nitrogen and oxygen atoms in total. The Hall–Kier alpha value is -3.09. The molecule has 1 amide bonds. The van der Waals surface area contributed by atoms with E-state index in [1.807, 2.05) is 37.4 Å². The summed E-state index contributed by atoms with van der Waals surface area (Å²) in [5.74, 6) is -0.209. The average Bonchev–Trinajstić information content (AvgIpc) is 2.64. The van der Waals surface area contributed by atoms with Crippen LogP contribution in [0.1, 0.15) is 16.8 Å². The van der Waals surface area contributed by atoms with Crippen LogP contribution in [0.5, 0.6) is 5.75 Å². The highest BCUT2D eigenvalue weighted by Crippen LogP contribution is 2.27. The topological polar surface area (TPSA) is 84.7 Å². The first-order valence-corrected chi connectivity index (χ1v) is 7.89. The lowest BCUT2D eigenvalue weighted by molar-refractivity contribution is -0.385. The molecule has 2 aromatic rings. The molecule has 0 aromatic heterocycles. The highest BCUT2D eigenvalue weighted by atomic mass is 16.6. The van der Waals surface area contributed by atoms with E-state index in [0.29, 0.717) is 6.54 Å². The van der Waals surface area contributed by atoms with Crippen molar-refractivity contribution in [2.45, 2.75) is 6.42 Å². The summed E-state index contributed by atoms with van der Waals surface area (Å²) in [5, 5.41) is 13.8. The molecule has 0 saturated carbocycles. The van der Waals surface area contributed by atoms with Crippen LogP contribution in [0, 0.1) is 10.1 Å². The molecule has 0 bridgehead atoms. The molecule has 132 valence electrons. The Labute approximate surface area is 146 Å². The zero-order valence-corrected chi connectivity index (χ0v) is 14.3. The first-order valence-electron chi connectivity index (χ1n) is 7.89. The Morgan fingerprint density at radius 2 is 1.96 bits per heavy atom. The highest BCUT2D eigenvalue weighted by molar-refractivity contribution is 5.95. The van der Waals surface area contributed by atoms with E-state index < -0.39 is 4.92 Å². The molecule has 7 heteroatoms. The molecule has 2 rings (SSSR count). The highest BCUT2D eigenvalue weighted by Gasteiger charge is 2.17. The van der Waals surface area contributed by atoms with Gasteiger partial charge in [-0.3, -0.25) is 14.9 Å². The van der Waals surface area contributed by atoms with E-state index in [4.69, 9.17) is 4.74 Å². The molecule has 0 spiro atoms. The molecule has 0 saturated heterocycles. The normalized spacial score (nSPS) is 10.2. The van der Waals surface area contributed by atoms with Gasteiger partial charge in [0, 0.05) is 37.5 Å². The van der Waals surface area contributed by atoms with Crippen LogP contribution in [0.25, 0.3) is 0 Å². The van der Waals surface area contributed by atoms with E-state index in [-0.39, 0.29) is 22.9 Å². The lowest BCUT2D eigenvalue weighted by atomic mass is 10.1. The minimum atomic E-state index is -0.565. The molecule has 0 atom stereocenters. The molecule has 0 aliphatic carbocycles. The van der Waals surface area contributed by atoms with Crippen LogP contribution in [0.15, 0.2) is 48.5 Å². The molecular formula is C18H21N3O4. The van der Waals surface area contributed by atoms with E-state index in [0.717, 1.165) is 18.7 Å². The summed E-state index contributed by atoms with van der Waals surface area (Å²) in [7, 11) is 3.34. The molecule has 0 unspecified atom stereocenters. The Bertz CT molecular complexity index is 734. The van der Waals surface area contributed by atoms with Gasteiger partial charge in [-0.05, 0) is 30.7 Å². The van der Waals surface area contributed by atoms with Gasteiger partial charge in [0.05, 0.1) is 12.0 Å². The van der Waals surface area contributed by atoms with Gasteiger partial charge in [0.25, 0.3) is 5.91 Å². The Balaban J connectivity index is 1.86. The predicted octanol–water partition coefficient (Wildman–Crippen LogP) is 2.86. The van der Waals surface area contributed by atoms with Crippen molar-refractivity contribution >= 4 is 17.3 Å². The maximum Gasteiger partial charge on any atom is 0.311 e. The van der Waals surface area contributed by atoms with Gasteiger partial charge >= 0.3 is 5.69 Å². The minimum Gasteiger partial charge on any atom is -0.490 e. The van der Waals surface area contributed by atoms with Crippen molar-refractivity contribution in [2.24, 2.45) is 0 Å². The molecule has 0 fully saturated rings. The van der Waals surface area contributed by atoms with Crippen molar-refractivity contribution in [1.82, 2.24) is 5.32 Å². The SMILES string of the molecule is COc1ccc(C(=O)NCCCN(C)c2ccccc2)cc1[N+](=O)[O-]. The fraction of sp³-hybridized carbons (Fsp3) is 0.278. The molecule has 0 aliphatic heterocycles. The molecule has 0 heterocycles. The van der Waals surface area contributed by atoms with Crippen LogP contribution in [-0.4, -0.2) is 38.1 Å². The largest absolute Gasteiger partial charge is 0.490 e. The van der Waals surface area contributed by atoms with E-state index >= 15 is 0 Å². The van der Waals surface area contributed by atoms with Crippen LogP contribution >= 0.6 is 0 Å². The van der Waals surface area contributed by atoms with Crippen LogP contribution < -0.4 is 15.0 Å². The monoisotopic (exact) mass is 343 g/mol. The first-order chi connectivity index (χ1) is 12.0. The number of nitro groups is 1. The van der Waals surface area contributed by atoms with Gasteiger partial charge in [-0.2, -0.15) is 0 Å². The van der Waals surface area contributed by atoms with Crippen molar-refractivity contribution in [3.8, 4) is 5.75 Å². The number of hydrogen-bond donors (Lipinski definition) is 1. The number of nitrogens with one attached hydrogen (secondary N) is 1. The number of amides is 1. The maximum atomic E-state index is 12.1. The number of rotatable bonds is 8. The van der Waals surface area contributed by atoms with Crippen molar-refractivity contribution in [3.63, 3.8) is 0 Å². The zero-order valence-electron chi connectivity index (χ0n) is 14.3. The number of ether oxygens (including phenoxy) is 1. The van der Waals surface area contributed by atoms with Gasteiger partial charge in [-0.15, -0.1) is 0 Å². The average molecular weight is 343 g/mol. The summed E-state index contributed by atoms with van der Waals surface area (Å²) >= 11 is 0. The van der Waals surface area contributed by atoms with Gasteiger partial charge in [0.15, 0.2) is 5.75 Å². The smallest absolute Gasteiger partial charge is 0.311 e. The third-order valence-electron chi connectivity index (χ3n) is 3.79. The summed E-state index contributed by atoms with van der Waals surface area (Å²) in [6.07, 6.45) is 0.759. The standard InChI is InChI=1S/C18H21N3O4/c1-20(15-7-4-3-5-8-15)12-6-11-19-18(22)14-9-10-17(25-2)16(13-14)21(23)24/h3-5,7-10,13H,6,11-12H2,1-2H3,(H,19,22). The zero-order chi connectivity index (χ0) is 18.2. The number of methoxy groups -OCH3 is 1. The van der Waals surface area contributed by atoms with Crippen molar-refractivity contribution < 1.29 is 14.5 Å². The summed E-state index contributed by atoms with van der Waals surface area (Å²) in [5.41, 5.74) is 1.13. The number of nitrogens with zero attached hydrogens (tertiary/aromatic N) is 2. The van der Waals surface area contributed by atoms with Gasteiger partial charge in [0.1, 0.15) is 0 Å². The Kier molecular flexibility index (Phi) is 6.33. The summed E-state index contributed by atoms with van der Waals surface area (Å²) in [4.78, 5) is 24.7. The van der Waals surface area contributed by atoms with Crippen molar-refractivity contribution in [2.75, 3.05) is 32.1 Å². The lowest BCUT2D eigenvalue weighted by Gasteiger charge is -2.19. The number of anilines is 1. The Morgan fingerprint density at radius 3 is 2.60 bits per heavy atom. The molecular weight excluding hydrogens is 322 g/mol. The van der Waals surface area contributed by atoms with Crippen LogP contribution in [0.3, 0.4) is 0 Å². The molecule has 25 heavy (non-hydrogen) atoms. The molecule has 0 radical (unpaired) electrons. The van der Waals surface area contributed by atoms with Gasteiger partial charge in [-0.25, -0.2) is 0 Å². The number of carbonyl (C=O) groups excluding carboxylic acids is 1. The first kappa shape index (κ1) is 18.3. The van der Waals surface area contributed by atoms with Crippen molar-refractivity contribution in [3.05, 3.63) is 64.2 Å². The molecule has 2 aromatic carbocycles. The van der Waals surface area contributed by atoms with Crippen LogP contribution in [-0.2, 0) is 0 Å². The lowest BCUT2D eigenvalue weighted by Crippen LogP contribution is -2.28. The van der Waals surface area contributed by atoms with E-state index in [9.17, 15) is 14.9 Å². The quantitative estimate of drug-likeness (QED) is 0.452. The number of nitro benzene ring substituents is 1. The predicted molar refractivity (Wildman–Crippen MR) is 96.3 cm³/mol. The summed E-state index contributed by atoms with van der Waals surface area (Å²) in [6.45, 7) is 1.27. The minimum absolute atomic E-state index is 0.131. The Morgan fingerprint density at radius 1 is 1.24 bits per heavy atom. The van der Waals surface area contributed by atoms with Crippen LogP contribution in [0.2, 0.25) is 0 Å². The number of benzene rings is 2. The third kappa shape index (κ3) is 4.94. The number of para-hydroxylation sites is 1. The molecule has 1 N–H and O–H groups in total. The van der Waals surface area contributed by atoms with Gasteiger partial charge < -0.3 is 15.0 Å². The van der Waals surface area contributed by atoms with Crippen molar-refractivity contribution in [1.29, 1.82) is 0 Å². The maximum absolute atomic E-state index is 12.1. The van der Waals surface area contributed by atoms with E-state index in [1.54, 1.807) is 0 Å². The van der Waals surface area contributed by atoms with Gasteiger partial charge in [-0.1, -0.05) is 18.2 Å². The van der Waals surface area contributed by atoms with Crippen LogP contribution in [0.4, 0.5) is 11.4 Å². The van der Waals surface area contributed by atoms with Gasteiger partial charge in [0.2, 0.25) is 0 Å². The van der Waals surface area contributed by atoms with E-state index in [2.05, 4.69) is 10.2 Å². The molecule has 0 aliphatic rings. The summed E-state index contributed by atoms with van der Waals surface area (Å²) < 4.78 is 4.93. The second-order valence-electron chi connectivity index (χ2n) is 5.51. The third-order valence-corrected chi connectivity index (χ3v) is 3.79. The van der Waals surface area contributed by atoms with E-state index in [1.165, 1.54) is 25.3 Å². The number of carbonyl (C=O) groups is 1. The second kappa shape index (κ2) is 8.68. The summed E-state index contributed by atoms with van der Waals surface area (Å²) in [6, 6.07) is 14.1. The number of hydrogen-bond acceptors (Lipinski definition) is 5. The fourth-order valence-corrected chi connectivity index (χ4v) is 2.41. The second-order valence-corrected chi connectivity index (χ2v) is 5.51. The fourth-order valence-electron chi connectivity index (χ4n) is 2.41.